The monoisotopic (exact) mass is 215 g/mol. The van der Waals surface area contributed by atoms with Gasteiger partial charge in [0.1, 0.15) is 10.8 Å². The van der Waals surface area contributed by atoms with Crippen LogP contribution in [0.4, 0.5) is 10.8 Å². The van der Waals surface area contributed by atoms with Crippen LogP contribution in [0.5, 0.6) is 0 Å². The molecule has 1 heterocycles. The summed E-state index contributed by atoms with van der Waals surface area (Å²) in [4.78, 5) is 2.19. The minimum absolute atomic E-state index is 0.226. The maximum atomic E-state index is 8.77. The Balaban J connectivity index is 2.73. The molecule has 80 valence electrons. The van der Waals surface area contributed by atoms with E-state index in [9.17, 15) is 0 Å². The van der Waals surface area contributed by atoms with Gasteiger partial charge in [0.2, 0.25) is 0 Å². The summed E-state index contributed by atoms with van der Waals surface area (Å²) in [7, 11) is 0. The number of nitrogen functional groups attached to an aromatic ring is 1. The lowest BCUT2D eigenvalue weighted by atomic mass is 10.3. The minimum Gasteiger partial charge on any atom is -0.396 e. The van der Waals surface area contributed by atoms with E-state index in [0.29, 0.717) is 5.82 Å². The Morgan fingerprint density at radius 1 is 1.57 bits per heavy atom. The maximum absolute atomic E-state index is 8.77. The first-order valence-electron chi connectivity index (χ1n) is 4.78. The molecule has 5 heteroatoms. The smallest absolute Gasteiger partial charge is 0.142 e. The molecular weight excluding hydrogens is 198 g/mol. The predicted molar refractivity (Wildman–Crippen MR) is 60.9 cm³/mol. The zero-order valence-corrected chi connectivity index (χ0v) is 9.47. The molecule has 0 fully saturated rings. The number of anilines is 2. The average molecular weight is 215 g/mol. The zero-order chi connectivity index (χ0) is 10.6. The summed E-state index contributed by atoms with van der Waals surface area (Å²) in [5.41, 5.74) is 6.74. The molecule has 14 heavy (non-hydrogen) atoms. The van der Waals surface area contributed by atoms with Crippen molar-refractivity contribution in [1.29, 1.82) is 0 Å². The molecule has 0 saturated heterocycles. The lowest BCUT2D eigenvalue weighted by Crippen LogP contribution is -2.24. The van der Waals surface area contributed by atoms with Crippen LogP contribution in [-0.2, 0) is 0 Å². The van der Waals surface area contributed by atoms with Crippen LogP contribution < -0.4 is 10.6 Å². The SMILES string of the molecule is CCN(CCCO)c1snc(N)c1C. The summed E-state index contributed by atoms with van der Waals surface area (Å²) >= 11 is 1.43. The van der Waals surface area contributed by atoms with Crippen LogP contribution in [0.3, 0.4) is 0 Å². The summed E-state index contributed by atoms with van der Waals surface area (Å²) in [6.07, 6.45) is 0.783. The van der Waals surface area contributed by atoms with Crippen LogP contribution in [0.25, 0.3) is 0 Å². The quantitative estimate of drug-likeness (QED) is 0.776. The maximum Gasteiger partial charge on any atom is 0.142 e. The normalized spacial score (nSPS) is 10.5. The van der Waals surface area contributed by atoms with E-state index < -0.39 is 0 Å². The van der Waals surface area contributed by atoms with Gasteiger partial charge in [0, 0.05) is 25.3 Å². The van der Waals surface area contributed by atoms with Crippen molar-refractivity contribution in [1.82, 2.24) is 4.37 Å². The molecule has 0 saturated carbocycles. The highest BCUT2D eigenvalue weighted by Crippen LogP contribution is 2.29. The fourth-order valence-electron chi connectivity index (χ4n) is 1.30. The fourth-order valence-corrected chi connectivity index (χ4v) is 2.20. The van der Waals surface area contributed by atoms with Gasteiger partial charge in [-0.25, -0.2) is 0 Å². The first kappa shape index (κ1) is 11.3. The largest absolute Gasteiger partial charge is 0.396 e. The van der Waals surface area contributed by atoms with E-state index in [2.05, 4.69) is 16.2 Å². The number of aliphatic hydroxyl groups is 1. The number of rotatable bonds is 5. The number of aromatic nitrogens is 1. The summed E-state index contributed by atoms with van der Waals surface area (Å²) in [5.74, 6) is 0.618. The second kappa shape index (κ2) is 5.17. The lowest BCUT2D eigenvalue weighted by Gasteiger charge is -2.20. The van der Waals surface area contributed by atoms with Crippen molar-refractivity contribution < 1.29 is 5.11 Å². The third-order valence-electron chi connectivity index (χ3n) is 2.19. The van der Waals surface area contributed by atoms with Gasteiger partial charge in [-0.05, 0) is 31.8 Å². The Morgan fingerprint density at radius 2 is 2.29 bits per heavy atom. The van der Waals surface area contributed by atoms with Crippen molar-refractivity contribution in [3.05, 3.63) is 5.56 Å². The van der Waals surface area contributed by atoms with Gasteiger partial charge in [0.25, 0.3) is 0 Å². The second-order valence-electron chi connectivity index (χ2n) is 3.15. The molecule has 0 amide bonds. The van der Waals surface area contributed by atoms with E-state index in [-0.39, 0.29) is 6.61 Å². The molecule has 0 bridgehead atoms. The average Bonchev–Trinajstić information content (AvgIpc) is 2.51. The molecule has 1 aromatic heterocycles. The summed E-state index contributed by atoms with van der Waals surface area (Å²) < 4.78 is 4.11. The van der Waals surface area contributed by atoms with E-state index in [4.69, 9.17) is 10.8 Å². The molecule has 0 radical (unpaired) electrons. The van der Waals surface area contributed by atoms with Gasteiger partial charge in [0.05, 0.1) is 0 Å². The lowest BCUT2D eigenvalue weighted by molar-refractivity contribution is 0.290. The van der Waals surface area contributed by atoms with Crippen molar-refractivity contribution in [2.45, 2.75) is 20.3 Å². The zero-order valence-electron chi connectivity index (χ0n) is 8.66. The summed E-state index contributed by atoms with van der Waals surface area (Å²) in [5, 5.41) is 9.89. The Kier molecular flexibility index (Phi) is 4.16. The second-order valence-corrected chi connectivity index (χ2v) is 3.91. The molecule has 0 unspecified atom stereocenters. The number of aliphatic hydroxyl groups excluding tert-OH is 1. The van der Waals surface area contributed by atoms with Gasteiger partial charge in [-0.2, -0.15) is 4.37 Å². The molecular formula is C9H17N3OS. The van der Waals surface area contributed by atoms with Crippen LogP contribution in [-0.4, -0.2) is 29.2 Å². The van der Waals surface area contributed by atoms with Gasteiger partial charge < -0.3 is 15.7 Å². The van der Waals surface area contributed by atoms with Crippen LogP contribution in [0.2, 0.25) is 0 Å². The fraction of sp³-hybridized carbons (Fsp3) is 0.667. The highest BCUT2D eigenvalue weighted by atomic mass is 32.1. The molecule has 1 rings (SSSR count). The number of hydrogen-bond acceptors (Lipinski definition) is 5. The number of nitrogens with two attached hydrogens (primary N) is 1. The van der Waals surface area contributed by atoms with Gasteiger partial charge in [0.15, 0.2) is 0 Å². The Morgan fingerprint density at radius 3 is 2.71 bits per heavy atom. The molecule has 4 nitrogen and oxygen atoms in total. The molecule has 0 atom stereocenters. The standard InChI is InChI=1S/C9H17N3OS/c1-3-12(5-4-6-13)9-7(2)8(10)11-14-9/h13H,3-6H2,1-2H3,(H2,10,11). The number of nitrogens with zero attached hydrogens (tertiary/aromatic N) is 2. The van der Waals surface area contributed by atoms with Crippen LogP contribution >= 0.6 is 11.5 Å². The molecule has 0 aromatic carbocycles. The van der Waals surface area contributed by atoms with Gasteiger partial charge in [-0.1, -0.05) is 0 Å². The van der Waals surface area contributed by atoms with Crippen molar-refractivity contribution >= 4 is 22.4 Å². The molecule has 0 aliphatic rings. The molecule has 1 aromatic rings. The van der Waals surface area contributed by atoms with Crippen molar-refractivity contribution in [2.24, 2.45) is 0 Å². The van der Waals surface area contributed by atoms with E-state index in [0.717, 1.165) is 30.1 Å². The van der Waals surface area contributed by atoms with Crippen LogP contribution in [0.15, 0.2) is 0 Å². The Labute approximate surface area is 88.5 Å². The Bertz CT molecular complexity index is 288. The summed E-state index contributed by atoms with van der Waals surface area (Å²) in [6, 6.07) is 0. The first-order valence-corrected chi connectivity index (χ1v) is 5.55. The number of hydrogen-bond donors (Lipinski definition) is 2. The molecule has 3 N–H and O–H groups in total. The predicted octanol–water partition coefficient (Wildman–Crippen LogP) is 1.24. The van der Waals surface area contributed by atoms with Gasteiger partial charge in [-0.15, -0.1) is 0 Å². The van der Waals surface area contributed by atoms with Crippen LogP contribution in [0, 0.1) is 6.92 Å². The van der Waals surface area contributed by atoms with Crippen LogP contribution in [0.1, 0.15) is 18.9 Å². The highest BCUT2D eigenvalue weighted by Gasteiger charge is 2.12. The molecule has 0 spiro atoms. The van der Waals surface area contributed by atoms with E-state index in [1.807, 2.05) is 6.92 Å². The third-order valence-corrected chi connectivity index (χ3v) is 3.22. The molecule has 0 aliphatic heterocycles. The van der Waals surface area contributed by atoms with Crippen molar-refractivity contribution in [3.63, 3.8) is 0 Å². The van der Waals surface area contributed by atoms with E-state index in [1.165, 1.54) is 11.5 Å². The highest BCUT2D eigenvalue weighted by molar-refractivity contribution is 7.10. The van der Waals surface area contributed by atoms with Crippen molar-refractivity contribution in [2.75, 3.05) is 30.3 Å². The summed E-state index contributed by atoms with van der Waals surface area (Å²) in [6.45, 7) is 6.07. The van der Waals surface area contributed by atoms with Crippen molar-refractivity contribution in [3.8, 4) is 0 Å². The first-order chi connectivity index (χ1) is 6.70. The minimum atomic E-state index is 0.226. The Hall–Kier alpha value is -0.810. The van der Waals surface area contributed by atoms with E-state index >= 15 is 0 Å². The van der Waals surface area contributed by atoms with E-state index in [1.54, 1.807) is 0 Å². The van der Waals surface area contributed by atoms with Gasteiger partial charge in [-0.3, -0.25) is 0 Å². The topological polar surface area (TPSA) is 62.4 Å². The van der Waals surface area contributed by atoms with Gasteiger partial charge >= 0.3 is 0 Å². The molecule has 0 aliphatic carbocycles. The third kappa shape index (κ3) is 2.36.